The van der Waals surface area contributed by atoms with Crippen LogP contribution >= 0.6 is 0 Å². The number of nitrogens with one attached hydrogen (secondary N) is 2. The molecule has 3 atom stereocenters. The molecule has 4 heterocycles. The summed E-state index contributed by atoms with van der Waals surface area (Å²) in [5, 5.41) is 31.4. The van der Waals surface area contributed by atoms with Crippen molar-refractivity contribution in [3.05, 3.63) is 23.8 Å². The molecule has 2 aromatic heterocycles. The second-order valence-corrected chi connectivity index (χ2v) is 5.61. The average Bonchev–Trinajstić information content (AvgIpc) is 3.00. The van der Waals surface area contributed by atoms with Gasteiger partial charge in [0.2, 0.25) is 5.96 Å². The van der Waals surface area contributed by atoms with Gasteiger partial charge in [-0.05, 0) is 12.1 Å². The molecule has 0 bridgehead atoms. The first kappa shape index (κ1) is 14.1. The standard InChI is InChI=1S/C14H16N6O3/c15-9-2-1-6-4-20(10-3-7(22)8(5-21)23-10)13-11(6)12(17-9)18-14(16)19-13/h1-2,4,7-8,10,21-22H,3,5H2,(H4,15,16,17,18,19)/t7-,8+,10+/m0/s1. The number of hydrogen-bond acceptors (Lipinski definition) is 8. The lowest BCUT2D eigenvalue weighted by molar-refractivity contribution is -0.0435. The predicted octanol–water partition coefficient (Wildman–Crippen LogP) is -0.472. The van der Waals surface area contributed by atoms with Crippen molar-refractivity contribution in [1.29, 1.82) is 5.41 Å². The quantitative estimate of drug-likeness (QED) is 0.507. The van der Waals surface area contributed by atoms with Crippen LogP contribution in [0.4, 0.5) is 11.6 Å². The summed E-state index contributed by atoms with van der Waals surface area (Å²) in [6.45, 7) is -0.245. The number of aliphatic hydroxyl groups excluding tert-OH is 2. The van der Waals surface area contributed by atoms with Gasteiger partial charge in [0.15, 0.2) is 0 Å². The van der Waals surface area contributed by atoms with E-state index in [1.54, 1.807) is 16.7 Å². The van der Waals surface area contributed by atoms with Crippen LogP contribution in [-0.4, -0.2) is 44.5 Å². The number of nitrogens with two attached hydrogens (primary N) is 1. The van der Waals surface area contributed by atoms with Crippen molar-refractivity contribution in [2.45, 2.75) is 24.9 Å². The van der Waals surface area contributed by atoms with Crippen molar-refractivity contribution >= 4 is 28.4 Å². The van der Waals surface area contributed by atoms with Crippen molar-refractivity contribution in [3.63, 3.8) is 0 Å². The van der Waals surface area contributed by atoms with Crippen LogP contribution in [0, 0.1) is 5.41 Å². The first-order valence-corrected chi connectivity index (χ1v) is 7.23. The van der Waals surface area contributed by atoms with E-state index in [2.05, 4.69) is 15.3 Å². The largest absolute Gasteiger partial charge is 0.394 e. The van der Waals surface area contributed by atoms with E-state index in [9.17, 15) is 10.2 Å². The maximum atomic E-state index is 9.95. The SMILES string of the molecule is N=c1ccc2cn([C@H]3C[C@H](O)[C@@H](CO)O3)c3c2c(n1)NC(N)=N3. The number of aliphatic imine (C=N–C) groups is 1. The van der Waals surface area contributed by atoms with E-state index in [1.165, 1.54) is 0 Å². The molecule has 1 saturated heterocycles. The van der Waals surface area contributed by atoms with Crippen LogP contribution in [0.25, 0.3) is 10.8 Å². The molecule has 0 spiro atoms. The van der Waals surface area contributed by atoms with E-state index in [-0.39, 0.29) is 18.1 Å². The highest BCUT2D eigenvalue weighted by atomic mass is 16.5. The zero-order valence-corrected chi connectivity index (χ0v) is 12.1. The highest BCUT2D eigenvalue weighted by Gasteiger charge is 2.36. The molecule has 0 unspecified atom stereocenters. The third kappa shape index (κ3) is 2.17. The predicted molar refractivity (Wildman–Crippen MR) is 82.1 cm³/mol. The second kappa shape index (κ2) is 5.01. The zero-order valence-electron chi connectivity index (χ0n) is 12.1. The number of nitrogens with zero attached hydrogens (tertiary/aromatic N) is 3. The summed E-state index contributed by atoms with van der Waals surface area (Å²) in [5.74, 6) is 1.20. The molecule has 4 rings (SSSR count). The summed E-state index contributed by atoms with van der Waals surface area (Å²) in [4.78, 5) is 8.50. The van der Waals surface area contributed by atoms with Gasteiger partial charge in [-0.25, -0.2) is 4.98 Å². The molecule has 9 heteroatoms. The Labute approximate surface area is 130 Å². The van der Waals surface area contributed by atoms with Crippen molar-refractivity contribution in [1.82, 2.24) is 9.55 Å². The highest BCUT2D eigenvalue weighted by molar-refractivity contribution is 6.10. The van der Waals surface area contributed by atoms with E-state index in [4.69, 9.17) is 15.9 Å². The maximum absolute atomic E-state index is 9.95. The van der Waals surface area contributed by atoms with Gasteiger partial charge in [0.25, 0.3) is 0 Å². The molecule has 0 radical (unpaired) electrons. The lowest BCUT2D eigenvalue weighted by Crippen LogP contribution is -2.26. The number of hydrogen-bond donors (Lipinski definition) is 5. The lowest BCUT2D eigenvalue weighted by atomic mass is 10.2. The number of rotatable bonds is 2. The fourth-order valence-electron chi connectivity index (χ4n) is 3.02. The molecular weight excluding hydrogens is 300 g/mol. The van der Waals surface area contributed by atoms with Crippen LogP contribution in [0.5, 0.6) is 0 Å². The van der Waals surface area contributed by atoms with Gasteiger partial charge in [-0.3, -0.25) is 5.41 Å². The zero-order chi connectivity index (χ0) is 16.1. The third-order valence-corrected chi connectivity index (χ3v) is 4.09. The van der Waals surface area contributed by atoms with Crippen LogP contribution in [0.2, 0.25) is 0 Å². The van der Waals surface area contributed by atoms with Gasteiger partial charge in [-0.15, -0.1) is 0 Å². The second-order valence-electron chi connectivity index (χ2n) is 5.61. The maximum Gasteiger partial charge on any atom is 0.201 e. The number of guanidine groups is 1. The van der Waals surface area contributed by atoms with Gasteiger partial charge >= 0.3 is 0 Å². The fraction of sp³-hybridized carbons (Fsp3) is 0.357. The Hall–Kier alpha value is -2.49. The molecule has 0 aromatic carbocycles. The van der Waals surface area contributed by atoms with Gasteiger partial charge in [-0.1, -0.05) is 0 Å². The van der Waals surface area contributed by atoms with Crippen LogP contribution < -0.4 is 16.5 Å². The summed E-state index contributed by atoms with van der Waals surface area (Å²) in [6.07, 6.45) is 0.373. The minimum absolute atomic E-state index is 0.115. The van der Waals surface area contributed by atoms with E-state index in [0.717, 1.165) is 10.8 Å². The minimum atomic E-state index is -0.737. The summed E-state index contributed by atoms with van der Waals surface area (Å²) >= 11 is 0. The topological polar surface area (TPSA) is 142 Å². The first-order chi connectivity index (χ1) is 11.1. The fourth-order valence-corrected chi connectivity index (χ4v) is 3.02. The third-order valence-electron chi connectivity index (χ3n) is 4.09. The van der Waals surface area contributed by atoms with Gasteiger partial charge in [-0.2, -0.15) is 4.99 Å². The Morgan fingerprint density at radius 3 is 3.04 bits per heavy atom. The molecule has 2 aromatic rings. The number of aliphatic hydroxyl groups is 2. The summed E-state index contributed by atoms with van der Waals surface area (Å²) < 4.78 is 7.49. The molecule has 0 saturated carbocycles. The van der Waals surface area contributed by atoms with E-state index in [0.29, 0.717) is 18.1 Å². The van der Waals surface area contributed by atoms with Crippen LogP contribution in [0.15, 0.2) is 23.3 Å². The minimum Gasteiger partial charge on any atom is -0.394 e. The molecular formula is C14H16N6O3. The van der Waals surface area contributed by atoms with Crippen molar-refractivity contribution < 1.29 is 14.9 Å². The normalized spacial score (nSPS) is 26.2. The molecule has 2 aliphatic rings. The van der Waals surface area contributed by atoms with Gasteiger partial charge in [0.05, 0.1) is 18.1 Å². The Bertz CT molecular complexity index is 877. The van der Waals surface area contributed by atoms with E-state index < -0.39 is 18.4 Å². The van der Waals surface area contributed by atoms with Crippen molar-refractivity contribution in [2.75, 3.05) is 11.9 Å². The number of aromatic nitrogens is 2. The molecule has 0 amide bonds. The molecule has 9 nitrogen and oxygen atoms in total. The Morgan fingerprint density at radius 2 is 2.30 bits per heavy atom. The van der Waals surface area contributed by atoms with Gasteiger partial charge in [0.1, 0.15) is 29.5 Å². The average molecular weight is 316 g/mol. The molecule has 6 N–H and O–H groups in total. The first-order valence-electron chi connectivity index (χ1n) is 7.23. The molecule has 120 valence electrons. The van der Waals surface area contributed by atoms with E-state index >= 15 is 0 Å². The van der Waals surface area contributed by atoms with E-state index in [1.807, 2.05) is 6.20 Å². The van der Waals surface area contributed by atoms with Crippen molar-refractivity contribution in [3.8, 4) is 0 Å². The molecule has 0 aliphatic carbocycles. The monoisotopic (exact) mass is 316 g/mol. The van der Waals surface area contributed by atoms with Crippen LogP contribution in [0.1, 0.15) is 12.6 Å². The Morgan fingerprint density at radius 1 is 1.48 bits per heavy atom. The van der Waals surface area contributed by atoms with Crippen LogP contribution in [0.3, 0.4) is 0 Å². The molecule has 1 fully saturated rings. The summed E-state index contributed by atoms with van der Waals surface area (Å²) in [7, 11) is 0. The summed E-state index contributed by atoms with van der Waals surface area (Å²) in [5.41, 5.74) is 5.93. The highest BCUT2D eigenvalue weighted by Crippen LogP contribution is 2.40. The van der Waals surface area contributed by atoms with Crippen molar-refractivity contribution in [2.24, 2.45) is 10.7 Å². The van der Waals surface area contributed by atoms with Gasteiger partial charge in [0, 0.05) is 18.0 Å². The van der Waals surface area contributed by atoms with Gasteiger partial charge < -0.3 is 30.6 Å². The lowest BCUT2D eigenvalue weighted by Gasteiger charge is -2.17. The molecule has 23 heavy (non-hydrogen) atoms. The Balaban J connectivity index is 1.91. The smallest absolute Gasteiger partial charge is 0.201 e. The number of anilines is 1. The number of ether oxygens (including phenoxy) is 1. The molecule has 2 aliphatic heterocycles. The summed E-state index contributed by atoms with van der Waals surface area (Å²) in [6, 6.07) is 3.37. The Kier molecular flexibility index (Phi) is 3.08. The van der Waals surface area contributed by atoms with Crippen LogP contribution in [-0.2, 0) is 4.74 Å².